The highest BCUT2D eigenvalue weighted by Gasteiger charge is 2.35. The average molecular weight is 286 g/mol. The van der Waals surface area contributed by atoms with Crippen LogP contribution in [0.15, 0.2) is 0 Å². The largest absolute Gasteiger partial charge is 0.480 e. The predicted octanol–water partition coefficient (Wildman–Crippen LogP) is 3.12. The Morgan fingerprint density at radius 1 is 1.30 bits per heavy atom. The molecule has 0 aliphatic heterocycles. The van der Waals surface area contributed by atoms with Crippen molar-refractivity contribution < 1.29 is 9.90 Å². The lowest BCUT2D eigenvalue weighted by Crippen LogP contribution is -2.52. The molecule has 0 fully saturated rings. The van der Waals surface area contributed by atoms with Crippen LogP contribution in [0.4, 0.5) is 0 Å². The van der Waals surface area contributed by atoms with E-state index >= 15 is 0 Å². The maximum atomic E-state index is 11.6. The molecule has 0 radical (unpaired) electrons. The summed E-state index contributed by atoms with van der Waals surface area (Å²) in [6.07, 6.45) is 5.60. The van der Waals surface area contributed by atoms with Crippen LogP contribution in [0.1, 0.15) is 66.2 Å². The Kier molecular flexibility index (Phi) is 9.86. The Morgan fingerprint density at radius 3 is 2.40 bits per heavy atom. The van der Waals surface area contributed by atoms with E-state index in [-0.39, 0.29) is 0 Å². The van der Waals surface area contributed by atoms with Crippen LogP contribution in [0.5, 0.6) is 0 Å². The van der Waals surface area contributed by atoms with Crippen molar-refractivity contribution in [2.24, 2.45) is 0 Å². The number of carboxylic acid groups (broad SMARTS) is 1. The molecule has 4 nitrogen and oxygen atoms in total. The van der Waals surface area contributed by atoms with Gasteiger partial charge in [-0.3, -0.25) is 4.79 Å². The summed E-state index contributed by atoms with van der Waals surface area (Å²) >= 11 is 0. The van der Waals surface area contributed by atoms with Gasteiger partial charge in [-0.15, -0.1) is 0 Å². The van der Waals surface area contributed by atoms with Gasteiger partial charge >= 0.3 is 5.97 Å². The Labute approximate surface area is 124 Å². The van der Waals surface area contributed by atoms with Gasteiger partial charge < -0.3 is 15.3 Å². The van der Waals surface area contributed by atoms with Gasteiger partial charge in [-0.25, -0.2) is 0 Å². The molecule has 0 aromatic heterocycles. The molecular weight excluding hydrogens is 252 g/mol. The molecule has 2 unspecified atom stereocenters. The van der Waals surface area contributed by atoms with E-state index in [1.165, 1.54) is 12.8 Å². The van der Waals surface area contributed by atoms with Gasteiger partial charge in [0.05, 0.1) is 0 Å². The highest BCUT2D eigenvalue weighted by atomic mass is 16.4. The van der Waals surface area contributed by atoms with Crippen molar-refractivity contribution in [1.29, 1.82) is 0 Å². The maximum Gasteiger partial charge on any atom is 0.323 e. The molecule has 0 amide bonds. The number of hydrogen-bond donors (Lipinski definition) is 2. The van der Waals surface area contributed by atoms with Crippen LogP contribution in [0.25, 0.3) is 0 Å². The summed E-state index contributed by atoms with van der Waals surface area (Å²) < 4.78 is 0. The molecule has 0 bridgehead atoms. The van der Waals surface area contributed by atoms with Crippen molar-refractivity contribution in [3.63, 3.8) is 0 Å². The second kappa shape index (κ2) is 10.2. The second-order valence-corrected chi connectivity index (χ2v) is 5.89. The number of hydrogen-bond acceptors (Lipinski definition) is 3. The van der Waals surface area contributed by atoms with E-state index in [0.29, 0.717) is 18.9 Å². The zero-order valence-corrected chi connectivity index (χ0v) is 14.0. The lowest BCUT2D eigenvalue weighted by molar-refractivity contribution is -0.145. The summed E-state index contributed by atoms with van der Waals surface area (Å²) in [5.74, 6) is -0.710. The lowest BCUT2D eigenvalue weighted by Gasteiger charge is -2.31. The summed E-state index contributed by atoms with van der Waals surface area (Å²) in [6, 6.07) is 0.574. The minimum atomic E-state index is -0.745. The van der Waals surface area contributed by atoms with Crippen LogP contribution < -0.4 is 5.32 Å². The van der Waals surface area contributed by atoms with Gasteiger partial charge in [0.25, 0.3) is 0 Å². The van der Waals surface area contributed by atoms with E-state index in [1.54, 1.807) is 0 Å². The van der Waals surface area contributed by atoms with Crippen molar-refractivity contribution in [3.05, 3.63) is 0 Å². The van der Waals surface area contributed by atoms with E-state index < -0.39 is 11.5 Å². The normalized spacial score (nSPS) is 16.1. The van der Waals surface area contributed by atoms with Gasteiger partial charge in [0, 0.05) is 6.04 Å². The Balaban J connectivity index is 4.36. The van der Waals surface area contributed by atoms with E-state index in [1.807, 2.05) is 6.92 Å². The number of nitrogens with zero attached hydrogens (tertiary/aromatic N) is 1. The fourth-order valence-corrected chi connectivity index (χ4v) is 2.58. The molecule has 2 N–H and O–H groups in total. The quantitative estimate of drug-likeness (QED) is 0.579. The standard InChI is InChI=1S/C16H34N2O2/c1-6-10-14(4)18(5)13-9-11-16(8-3,15(19)20)17-12-7-2/h14,17H,6-13H2,1-5H3,(H,19,20). The van der Waals surface area contributed by atoms with Crippen LogP contribution in [0, 0.1) is 0 Å². The van der Waals surface area contributed by atoms with Gasteiger partial charge in [-0.2, -0.15) is 0 Å². The highest BCUT2D eigenvalue weighted by molar-refractivity contribution is 5.78. The molecule has 0 saturated carbocycles. The lowest BCUT2D eigenvalue weighted by atomic mass is 9.90. The molecule has 120 valence electrons. The van der Waals surface area contributed by atoms with E-state index in [2.05, 4.69) is 38.0 Å². The van der Waals surface area contributed by atoms with Gasteiger partial charge in [0.2, 0.25) is 0 Å². The molecular formula is C16H34N2O2. The first-order valence-corrected chi connectivity index (χ1v) is 8.12. The number of nitrogens with one attached hydrogen (secondary N) is 1. The number of aliphatic carboxylic acids is 1. The molecule has 0 spiro atoms. The smallest absolute Gasteiger partial charge is 0.323 e. The highest BCUT2D eigenvalue weighted by Crippen LogP contribution is 2.19. The summed E-state index contributed by atoms with van der Waals surface area (Å²) in [6.45, 7) is 10.2. The molecule has 0 aliphatic carbocycles. The van der Waals surface area contributed by atoms with Gasteiger partial charge in [-0.05, 0) is 59.2 Å². The van der Waals surface area contributed by atoms with Crippen LogP contribution in [0.2, 0.25) is 0 Å². The molecule has 2 atom stereocenters. The fraction of sp³-hybridized carbons (Fsp3) is 0.938. The minimum absolute atomic E-state index is 0.574. The van der Waals surface area contributed by atoms with E-state index in [0.717, 1.165) is 25.9 Å². The monoisotopic (exact) mass is 286 g/mol. The third-order valence-corrected chi connectivity index (χ3v) is 4.30. The molecule has 0 saturated heterocycles. The maximum absolute atomic E-state index is 11.6. The van der Waals surface area contributed by atoms with Crippen LogP contribution in [-0.4, -0.2) is 47.7 Å². The zero-order valence-electron chi connectivity index (χ0n) is 14.0. The van der Waals surface area contributed by atoms with Crippen molar-refractivity contribution in [3.8, 4) is 0 Å². The van der Waals surface area contributed by atoms with Crippen LogP contribution in [-0.2, 0) is 4.79 Å². The first-order chi connectivity index (χ1) is 9.43. The predicted molar refractivity (Wildman–Crippen MR) is 85.2 cm³/mol. The van der Waals surface area contributed by atoms with Gasteiger partial charge in [0.1, 0.15) is 5.54 Å². The second-order valence-electron chi connectivity index (χ2n) is 5.89. The third kappa shape index (κ3) is 6.23. The van der Waals surface area contributed by atoms with E-state index in [9.17, 15) is 9.90 Å². The summed E-state index contributed by atoms with van der Waals surface area (Å²) in [5.41, 5.74) is -0.745. The molecule has 0 aliphatic rings. The minimum Gasteiger partial charge on any atom is -0.480 e. The van der Waals surface area contributed by atoms with Crippen molar-refractivity contribution >= 4 is 5.97 Å². The average Bonchev–Trinajstić information content (AvgIpc) is 2.42. The van der Waals surface area contributed by atoms with E-state index in [4.69, 9.17) is 0 Å². The molecule has 4 heteroatoms. The number of carbonyl (C=O) groups is 1. The van der Waals surface area contributed by atoms with Crippen molar-refractivity contribution in [1.82, 2.24) is 10.2 Å². The Bertz CT molecular complexity index is 271. The van der Waals surface area contributed by atoms with Crippen LogP contribution in [0.3, 0.4) is 0 Å². The van der Waals surface area contributed by atoms with Gasteiger partial charge in [-0.1, -0.05) is 27.2 Å². The van der Waals surface area contributed by atoms with Crippen molar-refractivity contribution in [2.75, 3.05) is 20.1 Å². The van der Waals surface area contributed by atoms with Crippen molar-refractivity contribution in [2.45, 2.75) is 77.8 Å². The van der Waals surface area contributed by atoms with Crippen LogP contribution >= 0.6 is 0 Å². The molecule has 0 aromatic carbocycles. The SMILES string of the molecule is CCCNC(CC)(CCCN(C)C(C)CCC)C(=O)O. The third-order valence-electron chi connectivity index (χ3n) is 4.30. The fourth-order valence-electron chi connectivity index (χ4n) is 2.58. The topological polar surface area (TPSA) is 52.6 Å². The zero-order chi connectivity index (χ0) is 15.6. The molecule has 0 heterocycles. The Morgan fingerprint density at radius 2 is 1.95 bits per heavy atom. The molecule has 0 aromatic rings. The number of rotatable bonds is 12. The molecule has 0 rings (SSSR count). The summed E-state index contributed by atoms with van der Waals surface area (Å²) in [5, 5.41) is 12.8. The molecule has 20 heavy (non-hydrogen) atoms. The summed E-state index contributed by atoms with van der Waals surface area (Å²) in [4.78, 5) is 13.9. The first kappa shape index (κ1) is 19.4. The summed E-state index contributed by atoms with van der Waals surface area (Å²) in [7, 11) is 2.13. The van der Waals surface area contributed by atoms with Gasteiger partial charge in [0.15, 0.2) is 0 Å². The first-order valence-electron chi connectivity index (χ1n) is 8.12. The Hall–Kier alpha value is -0.610. The number of carboxylic acids is 1.